The topological polar surface area (TPSA) is 29.9 Å². The highest BCUT2D eigenvalue weighted by Crippen LogP contribution is 2.06. The Morgan fingerprint density at radius 1 is 1.00 bits per heavy atom. The number of nitrogen functional groups attached to an aromatic ring is 1. The molecule has 0 saturated carbocycles. The molecule has 1 heterocycles. The van der Waals surface area contributed by atoms with Crippen LogP contribution in [0.3, 0.4) is 0 Å². The summed E-state index contributed by atoms with van der Waals surface area (Å²) in [6.07, 6.45) is 3.99. The van der Waals surface area contributed by atoms with Crippen LogP contribution in [0.2, 0.25) is 0 Å². The first-order valence-corrected chi connectivity index (χ1v) is 5.81. The van der Waals surface area contributed by atoms with Gasteiger partial charge in [0.05, 0.1) is 0 Å². The Hall–Kier alpha value is -1.10. The molecule has 1 aromatic heterocycles. The Morgan fingerprint density at radius 2 is 1.60 bits per heavy atom. The largest absolute Gasteiger partial charge is 0.398 e. The zero-order valence-electron chi connectivity index (χ0n) is 8.23. The SMILES string of the molecule is Nc1cc[n+](Cc2ccc(I)cc2)cc1. The Labute approximate surface area is 103 Å². The number of benzene rings is 1. The van der Waals surface area contributed by atoms with Crippen molar-refractivity contribution >= 4 is 28.3 Å². The molecule has 76 valence electrons. The van der Waals surface area contributed by atoms with Gasteiger partial charge < -0.3 is 5.73 Å². The number of rotatable bonds is 2. The molecule has 0 amide bonds. The van der Waals surface area contributed by atoms with E-state index >= 15 is 0 Å². The predicted octanol–water partition coefficient (Wildman–Crippen LogP) is 2.21. The monoisotopic (exact) mass is 311 g/mol. The smallest absolute Gasteiger partial charge is 0.173 e. The van der Waals surface area contributed by atoms with Gasteiger partial charge in [0, 0.05) is 27.0 Å². The molecule has 0 saturated heterocycles. The van der Waals surface area contributed by atoms with Crippen molar-refractivity contribution in [3.63, 3.8) is 0 Å². The number of hydrogen-bond donors (Lipinski definition) is 1. The molecule has 2 N–H and O–H groups in total. The van der Waals surface area contributed by atoms with Crippen LogP contribution >= 0.6 is 22.6 Å². The first-order valence-electron chi connectivity index (χ1n) is 4.73. The van der Waals surface area contributed by atoms with Gasteiger partial charge in [0.2, 0.25) is 0 Å². The number of hydrogen-bond acceptors (Lipinski definition) is 1. The summed E-state index contributed by atoms with van der Waals surface area (Å²) in [4.78, 5) is 0. The second-order valence-electron chi connectivity index (χ2n) is 3.43. The maximum Gasteiger partial charge on any atom is 0.173 e. The Balaban J connectivity index is 2.15. The van der Waals surface area contributed by atoms with Crippen molar-refractivity contribution in [1.82, 2.24) is 0 Å². The van der Waals surface area contributed by atoms with E-state index in [9.17, 15) is 0 Å². The van der Waals surface area contributed by atoms with Gasteiger partial charge in [-0.2, -0.15) is 0 Å². The molecule has 0 bridgehead atoms. The highest BCUT2D eigenvalue weighted by molar-refractivity contribution is 14.1. The molecule has 15 heavy (non-hydrogen) atoms. The van der Waals surface area contributed by atoms with Crippen LogP contribution in [0.15, 0.2) is 48.8 Å². The van der Waals surface area contributed by atoms with E-state index in [1.807, 2.05) is 24.5 Å². The number of pyridine rings is 1. The van der Waals surface area contributed by atoms with Gasteiger partial charge in [0.1, 0.15) is 0 Å². The first kappa shape index (κ1) is 10.4. The van der Waals surface area contributed by atoms with Crippen molar-refractivity contribution in [3.8, 4) is 0 Å². The lowest BCUT2D eigenvalue weighted by molar-refractivity contribution is -0.688. The Morgan fingerprint density at radius 3 is 2.20 bits per heavy atom. The highest BCUT2D eigenvalue weighted by atomic mass is 127. The maximum atomic E-state index is 5.63. The Kier molecular flexibility index (Phi) is 3.20. The van der Waals surface area contributed by atoms with E-state index in [0.29, 0.717) is 0 Å². The van der Waals surface area contributed by atoms with Gasteiger partial charge in [-0.3, -0.25) is 0 Å². The van der Waals surface area contributed by atoms with E-state index in [2.05, 4.69) is 51.4 Å². The quantitative estimate of drug-likeness (QED) is 0.669. The lowest BCUT2D eigenvalue weighted by Gasteiger charge is -1.98. The molecule has 2 nitrogen and oxygen atoms in total. The molecule has 0 aliphatic carbocycles. The van der Waals surface area contributed by atoms with Crippen LogP contribution in [0.1, 0.15) is 5.56 Å². The minimum absolute atomic E-state index is 0.800. The van der Waals surface area contributed by atoms with Crippen LogP contribution in [-0.2, 0) is 6.54 Å². The highest BCUT2D eigenvalue weighted by Gasteiger charge is 2.01. The summed E-state index contributed by atoms with van der Waals surface area (Å²) in [5, 5.41) is 0. The summed E-state index contributed by atoms with van der Waals surface area (Å²) in [6, 6.07) is 12.3. The third-order valence-electron chi connectivity index (χ3n) is 2.20. The van der Waals surface area contributed by atoms with Crippen molar-refractivity contribution in [2.24, 2.45) is 0 Å². The molecule has 2 rings (SSSR count). The molecule has 0 radical (unpaired) electrons. The van der Waals surface area contributed by atoms with Crippen molar-refractivity contribution in [3.05, 3.63) is 57.9 Å². The third-order valence-corrected chi connectivity index (χ3v) is 2.91. The molecule has 2 aromatic rings. The second-order valence-corrected chi connectivity index (χ2v) is 4.68. The van der Waals surface area contributed by atoms with E-state index in [-0.39, 0.29) is 0 Å². The molecule has 0 fully saturated rings. The van der Waals surface area contributed by atoms with E-state index in [0.717, 1.165) is 12.2 Å². The molecule has 0 aliphatic rings. The van der Waals surface area contributed by atoms with Crippen LogP contribution in [0, 0.1) is 3.57 Å². The fourth-order valence-electron chi connectivity index (χ4n) is 1.37. The van der Waals surface area contributed by atoms with Crippen LogP contribution in [0.4, 0.5) is 5.69 Å². The van der Waals surface area contributed by atoms with Crippen molar-refractivity contribution in [1.29, 1.82) is 0 Å². The lowest BCUT2D eigenvalue weighted by Crippen LogP contribution is -2.33. The van der Waals surface area contributed by atoms with Crippen LogP contribution < -0.4 is 10.3 Å². The van der Waals surface area contributed by atoms with Crippen molar-refractivity contribution in [2.75, 3.05) is 5.73 Å². The maximum absolute atomic E-state index is 5.63. The van der Waals surface area contributed by atoms with E-state index in [1.165, 1.54) is 9.13 Å². The van der Waals surface area contributed by atoms with Gasteiger partial charge >= 0.3 is 0 Å². The summed E-state index contributed by atoms with van der Waals surface area (Å²) in [7, 11) is 0. The van der Waals surface area contributed by atoms with Crippen LogP contribution in [-0.4, -0.2) is 0 Å². The normalized spacial score (nSPS) is 10.2. The fraction of sp³-hybridized carbons (Fsp3) is 0.0833. The third kappa shape index (κ3) is 2.92. The molecule has 0 atom stereocenters. The van der Waals surface area contributed by atoms with Crippen LogP contribution in [0.5, 0.6) is 0 Å². The van der Waals surface area contributed by atoms with E-state index < -0.39 is 0 Å². The lowest BCUT2D eigenvalue weighted by atomic mass is 10.2. The zero-order valence-corrected chi connectivity index (χ0v) is 10.4. The summed E-state index contributed by atoms with van der Waals surface area (Å²) < 4.78 is 3.37. The summed E-state index contributed by atoms with van der Waals surface area (Å²) in [6.45, 7) is 0.886. The molecule has 3 heteroatoms. The summed E-state index contributed by atoms with van der Waals surface area (Å²) >= 11 is 2.31. The predicted molar refractivity (Wildman–Crippen MR) is 69.3 cm³/mol. The molecular formula is C12H12IN2+. The van der Waals surface area contributed by atoms with Gasteiger partial charge in [-0.1, -0.05) is 12.1 Å². The van der Waals surface area contributed by atoms with Gasteiger partial charge in [-0.05, 0) is 34.7 Å². The van der Waals surface area contributed by atoms with Crippen molar-refractivity contribution < 1.29 is 4.57 Å². The number of halogens is 1. The summed E-state index contributed by atoms with van der Waals surface area (Å²) in [5.74, 6) is 0. The van der Waals surface area contributed by atoms with Crippen molar-refractivity contribution in [2.45, 2.75) is 6.54 Å². The molecule has 0 spiro atoms. The van der Waals surface area contributed by atoms with Crippen LogP contribution in [0.25, 0.3) is 0 Å². The molecular weight excluding hydrogens is 299 g/mol. The fourth-order valence-corrected chi connectivity index (χ4v) is 1.73. The Bertz CT molecular complexity index is 391. The van der Waals surface area contributed by atoms with Gasteiger partial charge in [-0.25, -0.2) is 4.57 Å². The average Bonchev–Trinajstić information content (AvgIpc) is 2.25. The summed E-state index contributed by atoms with van der Waals surface area (Å²) in [5.41, 5.74) is 7.72. The minimum atomic E-state index is 0.800. The van der Waals surface area contributed by atoms with Gasteiger partial charge in [-0.15, -0.1) is 0 Å². The molecule has 1 aromatic carbocycles. The number of nitrogens with zero attached hydrogens (tertiary/aromatic N) is 1. The van der Waals surface area contributed by atoms with Gasteiger partial charge in [0.25, 0.3) is 0 Å². The number of anilines is 1. The minimum Gasteiger partial charge on any atom is -0.398 e. The standard InChI is InChI=1S/C12H11IN2/c13-11-3-1-10(2-4-11)9-15-7-5-12(14)6-8-15/h1-8,14H,9H2/p+1. The molecule has 0 unspecified atom stereocenters. The van der Waals surface area contributed by atoms with Gasteiger partial charge in [0.15, 0.2) is 18.9 Å². The second kappa shape index (κ2) is 4.61. The number of aromatic nitrogens is 1. The first-order chi connectivity index (χ1) is 7.24. The van der Waals surface area contributed by atoms with E-state index in [1.54, 1.807) is 0 Å². The molecule has 0 aliphatic heterocycles. The number of nitrogens with two attached hydrogens (primary N) is 1. The van der Waals surface area contributed by atoms with E-state index in [4.69, 9.17) is 5.73 Å². The zero-order chi connectivity index (χ0) is 10.7. The average molecular weight is 311 g/mol.